The van der Waals surface area contributed by atoms with Gasteiger partial charge in [0, 0.05) is 25.1 Å². The SMILES string of the molecule is CCCCCCOCCCCCCCCNc1cnc2ccccc2c1. The van der Waals surface area contributed by atoms with E-state index in [2.05, 4.69) is 41.5 Å². The van der Waals surface area contributed by atoms with Crippen molar-refractivity contribution in [3.63, 3.8) is 0 Å². The van der Waals surface area contributed by atoms with Gasteiger partial charge in [-0.1, -0.05) is 70.1 Å². The van der Waals surface area contributed by atoms with E-state index in [0.29, 0.717) is 0 Å². The third-order valence-corrected chi connectivity index (χ3v) is 4.78. The molecule has 0 fully saturated rings. The molecule has 144 valence electrons. The molecule has 0 atom stereocenters. The Bertz CT molecular complexity index is 600. The second-order valence-electron chi connectivity index (χ2n) is 7.14. The molecule has 26 heavy (non-hydrogen) atoms. The van der Waals surface area contributed by atoms with E-state index in [0.717, 1.165) is 31.0 Å². The minimum absolute atomic E-state index is 0.947. The fraction of sp³-hybridized carbons (Fsp3) is 0.609. The van der Waals surface area contributed by atoms with E-state index in [1.165, 1.54) is 69.6 Å². The van der Waals surface area contributed by atoms with Gasteiger partial charge in [0.1, 0.15) is 0 Å². The lowest BCUT2D eigenvalue weighted by Crippen LogP contribution is -2.02. The van der Waals surface area contributed by atoms with Crippen molar-refractivity contribution in [2.75, 3.05) is 25.1 Å². The Labute approximate surface area is 159 Å². The lowest BCUT2D eigenvalue weighted by molar-refractivity contribution is 0.126. The topological polar surface area (TPSA) is 34.1 Å². The van der Waals surface area contributed by atoms with Gasteiger partial charge in [0.15, 0.2) is 0 Å². The quantitative estimate of drug-likeness (QED) is 0.366. The predicted molar refractivity (Wildman–Crippen MR) is 113 cm³/mol. The van der Waals surface area contributed by atoms with Crippen LogP contribution in [-0.2, 0) is 4.74 Å². The van der Waals surface area contributed by atoms with Crippen LogP contribution in [0.5, 0.6) is 0 Å². The van der Waals surface area contributed by atoms with Gasteiger partial charge in [0.05, 0.1) is 17.4 Å². The van der Waals surface area contributed by atoms with Gasteiger partial charge in [-0.3, -0.25) is 4.98 Å². The van der Waals surface area contributed by atoms with E-state index in [4.69, 9.17) is 4.74 Å². The number of anilines is 1. The lowest BCUT2D eigenvalue weighted by atomic mass is 10.1. The first kappa shape index (κ1) is 20.7. The van der Waals surface area contributed by atoms with Crippen LogP contribution >= 0.6 is 0 Å². The van der Waals surface area contributed by atoms with Crippen LogP contribution in [0.15, 0.2) is 36.5 Å². The Balaban J connectivity index is 1.40. The van der Waals surface area contributed by atoms with Crippen molar-refractivity contribution >= 4 is 16.6 Å². The Morgan fingerprint density at radius 2 is 1.54 bits per heavy atom. The summed E-state index contributed by atoms with van der Waals surface area (Å²) in [5.41, 5.74) is 2.18. The molecular formula is C23H36N2O. The monoisotopic (exact) mass is 356 g/mol. The average Bonchev–Trinajstić information content (AvgIpc) is 2.68. The van der Waals surface area contributed by atoms with Crippen molar-refractivity contribution in [1.82, 2.24) is 4.98 Å². The minimum atomic E-state index is 0.947. The molecular weight excluding hydrogens is 320 g/mol. The summed E-state index contributed by atoms with van der Waals surface area (Å²) in [5, 5.41) is 4.69. The van der Waals surface area contributed by atoms with E-state index in [1.807, 2.05) is 12.3 Å². The van der Waals surface area contributed by atoms with Crippen molar-refractivity contribution in [2.45, 2.75) is 71.1 Å². The number of pyridine rings is 1. The van der Waals surface area contributed by atoms with E-state index < -0.39 is 0 Å². The van der Waals surface area contributed by atoms with Gasteiger partial charge < -0.3 is 10.1 Å². The smallest absolute Gasteiger partial charge is 0.0703 e. The van der Waals surface area contributed by atoms with Crippen LogP contribution in [0.1, 0.15) is 71.1 Å². The van der Waals surface area contributed by atoms with Gasteiger partial charge in [-0.25, -0.2) is 0 Å². The Hall–Kier alpha value is -1.61. The number of aromatic nitrogens is 1. The van der Waals surface area contributed by atoms with E-state index in [-0.39, 0.29) is 0 Å². The molecule has 1 heterocycles. The molecule has 0 aliphatic carbocycles. The van der Waals surface area contributed by atoms with Crippen LogP contribution in [0.3, 0.4) is 0 Å². The molecule has 0 aliphatic rings. The summed E-state index contributed by atoms with van der Waals surface area (Å²) < 4.78 is 5.69. The first-order valence-corrected chi connectivity index (χ1v) is 10.6. The number of nitrogens with one attached hydrogen (secondary N) is 1. The number of rotatable bonds is 15. The zero-order valence-electron chi connectivity index (χ0n) is 16.5. The Kier molecular flexibility index (Phi) is 10.8. The number of ether oxygens (including phenoxy) is 1. The number of fused-ring (bicyclic) bond motifs is 1. The number of hydrogen-bond donors (Lipinski definition) is 1. The van der Waals surface area contributed by atoms with E-state index >= 15 is 0 Å². The molecule has 0 unspecified atom stereocenters. The molecule has 2 rings (SSSR count). The summed E-state index contributed by atoms with van der Waals surface area (Å²) in [7, 11) is 0. The molecule has 0 saturated carbocycles. The third kappa shape index (κ3) is 8.66. The molecule has 0 radical (unpaired) electrons. The first-order chi connectivity index (χ1) is 12.9. The van der Waals surface area contributed by atoms with Gasteiger partial charge >= 0.3 is 0 Å². The Morgan fingerprint density at radius 3 is 2.35 bits per heavy atom. The van der Waals surface area contributed by atoms with E-state index in [1.54, 1.807) is 0 Å². The summed E-state index contributed by atoms with van der Waals surface area (Å²) in [4.78, 5) is 4.49. The largest absolute Gasteiger partial charge is 0.384 e. The average molecular weight is 357 g/mol. The summed E-state index contributed by atoms with van der Waals surface area (Å²) in [6.07, 6.45) is 14.8. The molecule has 1 aromatic heterocycles. The van der Waals surface area contributed by atoms with Gasteiger partial charge in [-0.15, -0.1) is 0 Å². The molecule has 0 saturated heterocycles. The maximum atomic E-state index is 5.69. The number of benzene rings is 1. The standard InChI is InChI=1S/C23H36N2O/c1-2-3-4-12-17-26-18-13-8-6-5-7-11-16-24-22-19-21-14-9-10-15-23(21)25-20-22/h9-10,14-15,19-20,24H,2-8,11-13,16-18H2,1H3. The van der Waals surface area contributed by atoms with Crippen LogP contribution in [0.2, 0.25) is 0 Å². The first-order valence-electron chi connectivity index (χ1n) is 10.6. The van der Waals surface area contributed by atoms with Crippen molar-refractivity contribution in [2.24, 2.45) is 0 Å². The maximum absolute atomic E-state index is 5.69. The van der Waals surface area contributed by atoms with Crippen molar-refractivity contribution in [1.29, 1.82) is 0 Å². The molecule has 0 amide bonds. The van der Waals surface area contributed by atoms with E-state index in [9.17, 15) is 0 Å². The second kappa shape index (κ2) is 13.6. The lowest BCUT2D eigenvalue weighted by Gasteiger charge is -2.07. The van der Waals surface area contributed by atoms with Gasteiger partial charge in [0.25, 0.3) is 0 Å². The molecule has 1 aromatic carbocycles. The Morgan fingerprint density at radius 1 is 0.846 bits per heavy atom. The number of unbranched alkanes of at least 4 members (excludes halogenated alkanes) is 8. The van der Waals surface area contributed by atoms with Crippen LogP contribution in [-0.4, -0.2) is 24.7 Å². The van der Waals surface area contributed by atoms with Gasteiger partial charge in [-0.2, -0.15) is 0 Å². The predicted octanol–water partition coefficient (Wildman–Crippen LogP) is 6.58. The maximum Gasteiger partial charge on any atom is 0.0703 e. The highest BCUT2D eigenvalue weighted by molar-refractivity contribution is 5.81. The fourth-order valence-corrected chi connectivity index (χ4v) is 3.17. The highest BCUT2D eigenvalue weighted by atomic mass is 16.5. The third-order valence-electron chi connectivity index (χ3n) is 4.78. The highest BCUT2D eigenvalue weighted by Crippen LogP contribution is 2.16. The van der Waals surface area contributed by atoms with Crippen molar-refractivity contribution < 1.29 is 4.74 Å². The van der Waals surface area contributed by atoms with Crippen LogP contribution in [0, 0.1) is 0 Å². The van der Waals surface area contributed by atoms with Crippen molar-refractivity contribution in [3.05, 3.63) is 36.5 Å². The number of para-hydroxylation sites is 1. The molecule has 1 N–H and O–H groups in total. The zero-order chi connectivity index (χ0) is 18.3. The van der Waals surface area contributed by atoms with Crippen LogP contribution in [0.4, 0.5) is 5.69 Å². The second-order valence-corrected chi connectivity index (χ2v) is 7.14. The molecule has 2 aromatic rings. The van der Waals surface area contributed by atoms with Crippen LogP contribution in [0.25, 0.3) is 10.9 Å². The normalized spacial score (nSPS) is 11.1. The van der Waals surface area contributed by atoms with Gasteiger partial charge in [0.2, 0.25) is 0 Å². The highest BCUT2D eigenvalue weighted by Gasteiger charge is 1.97. The summed E-state index contributed by atoms with van der Waals surface area (Å²) >= 11 is 0. The summed E-state index contributed by atoms with van der Waals surface area (Å²) in [5.74, 6) is 0. The number of nitrogens with zero attached hydrogens (tertiary/aromatic N) is 1. The van der Waals surface area contributed by atoms with Gasteiger partial charge in [-0.05, 0) is 31.4 Å². The fourth-order valence-electron chi connectivity index (χ4n) is 3.17. The van der Waals surface area contributed by atoms with Crippen molar-refractivity contribution in [3.8, 4) is 0 Å². The molecule has 3 heteroatoms. The molecule has 0 bridgehead atoms. The summed E-state index contributed by atoms with van der Waals surface area (Å²) in [6, 6.07) is 10.4. The minimum Gasteiger partial charge on any atom is -0.384 e. The summed E-state index contributed by atoms with van der Waals surface area (Å²) in [6.45, 7) is 5.18. The van der Waals surface area contributed by atoms with Crippen LogP contribution < -0.4 is 5.32 Å². The number of hydrogen-bond acceptors (Lipinski definition) is 3. The molecule has 0 spiro atoms. The zero-order valence-corrected chi connectivity index (χ0v) is 16.5. The molecule has 0 aliphatic heterocycles. The molecule has 3 nitrogen and oxygen atoms in total.